The summed E-state index contributed by atoms with van der Waals surface area (Å²) in [6.45, 7) is 1.59. The molecule has 2 aromatic rings. The molecule has 1 amide bonds. The number of carbonyl (C=O) groups is 1. The number of benzene rings is 1. The lowest BCUT2D eigenvalue weighted by atomic mass is 10.1. The van der Waals surface area contributed by atoms with Gasteiger partial charge in [0, 0.05) is 11.8 Å². The van der Waals surface area contributed by atoms with E-state index in [4.69, 9.17) is 0 Å². The molecule has 8 heteroatoms. The monoisotopic (exact) mass is 288 g/mol. The Morgan fingerprint density at radius 3 is 2.62 bits per heavy atom. The maximum atomic E-state index is 11.8. The van der Waals surface area contributed by atoms with Crippen molar-refractivity contribution in [1.29, 1.82) is 0 Å². The lowest BCUT2D eigenvalue weighted by Gasteiger charge is -2.04. The molecular formula is C13H12N4O4. The Morgan fingerprint density at radius 2 is 1.95 bits per heavy atom. The Balaban J connectivity index is 2.21. The van der Waals surface area contributed by atoms with Gasteiger partial charge in [-0.1, -0.05) is 12.1 Å². The van der Waals surface area contributed by atoms with E-state index in [1.807, 2.05) is 4.98 Å². The van der Waals surface area contributed by atoms with Gasteiger partial charge in [0.15, 0.2) is 0 Å². The molecular weight excluding hydrogens is 276 g/mol. The summed E-state index contributed by atoms with van der Waals surface area (Å²) in [5.74, 6) is -0.753. The molecule has 0 aliphatic rings. The van der Waals surface area contributed by atoms with Crippen molar-refractivity contribution in [3.63, 3.8) is 0 Å². The largest absolute Gasteiger partial charge is 0.507 e. The van der Waals surface area contributed by atoms with Crippen molar-refractivity contribution < 1.29 is 9.90 Å². The van der Waals surface area contributed by atoms with Gasteiger partial charge in [-0.3, -0.25) is 14.6 Å². The van der Waals surface area contributed by atoms with Gasteiger partial charge in [-0.15, -0.1) is 0 Å². The van der Waals surface area contributed by atoms with Crippen LogP contribution in [0, 0.1) is 0 Å². The average Bonchev–Trinajstić information content (AvgIpc) is 2.45. The molecule has 0 atom stereocenters. The summed E-state index contributed by atoms with van der Waals surface area (Å²) in [6.07, 6.45) is 1.00. The van der Waals surface area contributed by atoms with Gasteiger partial charge in [0.25, 0.3) is 11.5 Å². The molecule has 0 saturated carbocycles. The quantitative estimate of drug-likeness (QED) is 0.465. The number of phenols is 1. The molecule has 2 rings (SSSR count). The zero-order valence-corrected chi connectivity index (χ0v) is 11.0. The first-order valence-corrected chi connectivity index (χ1v) is 5.94. The van der Waals surface area contributed by atoms with E-state index in [0.717, 1.165) is 6.20 Å². The Bertz CT molecular complexity index is 819. The fraction of sp³-hybridized carbons (Fsp3) is 0.0769. The van der Waals surface area contributed by atoms with Crippen LogP contribution < -0.4 is 16.7 Å². The number of aromatic hydroxyl groups is 1. The molecule has 0 aliphatic carbocycles. The molecule has 0 radical (unpaired) electrons. The summed E-state index contributed by atoms with van der Waals surface area (Å²) >= 11 is 0. The normalized spacial score (nSPS) is 11.2. The molecule has 8 nitrogen and oxygen atoms in total. The maximum Gasteiger partial charge on any atom is 0.325 e. The molecule has 0 unspecified atom stereocenters. The summed E-state index contributed by atoms with van der Waals surface area (Å²) in [4.78, 5) is 38.2. The van der Waals surface area contributed by atoms with E-state index in [-0.39, 0.29) is 11.3 Å². The van der Waals surface area contributed by atoms with E-state index in [9.17, 15) is 19.5 Å². The number of H-pyrrole nitrogens is 2. The standard InChI is InChI=1S/C13H12N4O4/c1-7(8-4-2-3-5-10(8)18)16-17-12(20)9-6-14-13(21)15-11(9)19/h2-6,18H,1H3,(H,17,20)(H2,14,15,19,21)/b16-7-. The average molecular weight is 288 g/mol. The summed E-state index contributed by atoms with van der Waals surface area (Å²) in [6, 6.07) is 6.49. The van der Waals surface area contributed by atoms with Crippen LogP contribution in [0.1, 0.15) is 22.8 Å². The first-order chi connectivity index (χ1) is 9.99. The number of nitrogens with zero attached hydrogens (tertiary/aromatic N) is 1. The number of carbonyl (C=O) groups excluding carboxylic acids is 1. The van der Waals surface area contributed by atoms with Gasteiger partial charge in [0.1, 0.15) is 11.3 Å². The van der Waals surface area contributed by atoms with E-state index in [1.54, 1.807) is 25.1 Å². The van der Waals surface area contributed by atoms with Crippen LogP contribution >= 0.6 is 0 Å². The number of nitrogens with one attached hydrogen (secondary N) is 3. The zero-order chi connectivity index (χ0) is 15.4. The van der Waals surface area contributed by atoms with Crippen LogP contribution in [0.15, 0.2) is 45.2 Å². The number of amides is 1. The third-order valence-electron chi connectivity index (χ3n) is 2.68. The van der Waals surface area contributed by atoms with Gasteiger partial charge in [0.2, 0.25) is 0 Å². The summed E-state index contributed by atoms with van der Waals surface area (Å²) in [7, 11) is 0. The van der Waals surface area contributed by atoms with Crippen molar-refractivity contribution in [2.75, 3.05) is 0 Å². The van der Waals surface area contributed by atoms with Crippen LogP contribution in [0.3, 0.4) is 0 Å². The highest BCUT2D eigenvalue weighted by molar-refractivity contribution is 6.02. The fourth-order valence-corrected chi connectivity index (χ4v) is 1.61. The number of hydrogen-bond acceptors (Lipinski definition) is 5. The summed E-state index contributed by atoms with van der Waals surface area (Å²) in [5.41, 5.74) is 1.20. The topological polar surface area (TPSA) is 127 Å². The van der Waals surface area contributed by atoms with E-state index in [0.29, 0.717) is 11.3 Å². The van der Waals surface area contributed by atoms with E-state index in [1.165, 1.54) is 6.07 Å². The Hall–Kier alpha value is -3.16. The zero-order valence-electron chi connectivity index (χ0n) is 11.0. The van der Waals surface area contributed by atoms with Crippen molar-refractivity contribution in [3.8, 4) is 5.75 Å². The van der Waals surface area contributed by atoms with Crippen molar-refractivity contribution >= 4 is 11.6 Å². The van der Waals surface area contributed by atoms with E-state index in [2.05, 4.69) is 15.5 Å². The predicted molar refractivity (Wildman–Crippen MR) is 75.5 cm³/mol. The molecule has 108 valence electrons. The van der Waals surface area contributed by atoms with Crippen molar-refractivity contribution in [2.24, 2.45) is 5.10 Å². The predicted octanol–water partition coefficient (Wildman–Crippen LogP) is -0.0772. The molecule has 1 heterocycles. The lowest BCUT2D eigenvalue weighted by molar-refractivity contribution is 0.0953. The van der Waals surface area contributed by atoms with Crippen LogP contribution in [0.5, 0.6) is 5.75 Å². The van der Waals surface area contributed by atoms with Crippen LogP contribution in [-0.4, -0.2) is 26.7 Å². The number of hydrazone groups is 1. The minimum absolute atomic E-state index is 0.0230. The van der Waals surface area contributed by atoms with Crippen LogP contribution in [0.4, 0.5) is 0 Å². The minimum atomic E-state index is -0.813. The fourth-order valence-electron chi connectivity index (χ4n) is 1.61. The van der Waals surface area contributed by atoms with E-state index >= 15 is 0 Å². The Morgan fingerprint density at radius 1 is 1.24 bits per heavy atom. The lowest BCUT2D eigenvalue weighted by Crippen LogP contribution is -2.31. The minimum Gasteiger partial charge on any atom is -0.507 e. The number of hydrogen-bond donors (Lipinski definition) is 4. The molecule has 0 spiro atoms. The molecule has 1 aromatic heterocycles. The Kier molecular flexibility index (Phi) is 3.98. The molecule has 1 aromatic carbocycles. The second kappa shape index (κ2) is 5.87. The third-order valence-corrected chi connectivity index (χ3v) is 2.68. The van der Waals surface area contributed by atoms with Crippen molar-refractivity contribution in [3.05, 3.63) is 62.4 Å². The van der Waals surface area contributed by atoms with Crippen LogP contribution in [0.25, 0.3) is 0 Å². The summed E-state index contributed by atoms with van der Waals surface area (Å²) < 4.78 is 0. The highest BCUT2D eigenvalue weighted by Gasteiger charge is 2.10. The second-order valence-electron chi connectivity index (χ2n) is 4.14. The number of rotatable bonds is 3. The molecule has 0 bridgehead atoms. The van der Waals surface area contributed by atoms with Gasteiger partial charge in [-0.05, 0) is 19.1 Å². The van der Waals surface area contributed by atoms with Crippen LogP contribution in [0.2, 0.25) is 0 Å². The highest BCUT2D eigenvalue weighted by atomic mass is 16.3. The van der Waals surface area contributed by atoms with Gasteiger partial charge in [-0.25, -0.2) is 10.2 Å². The third kappa shape index (κ3) is 3.24. The second-order valence-corrected chi connectivity index (χ2v) is 4.14. The number of phenolic OH excluding ortho intramolecular Hbond substituents is 1. The number of aromatic nitrogens is 2. The summed E-state index contributed by atoms with van der Waals surface area (Å²) in [5, 5.41) is 13.5. The van der Waals surface area contributed by atoms with Gasteiger partial charge >= 0.3 is 5.69 Å². The van der Waals surface area contributed by atoms with Gasteiger partial charge < -0.3 is 10.1 Å². The molecule has 0 aliphatic heterocycles. The van der Waals surface area contributed by atoms with Crippen molar-refractivity contribution in [1.82, 2.24) is 15.4 Å². The van der Waals surface area contributed by atoms with Crippen molar-refractivity contribution in [2.45, 2.75) is 6.92 Å². The first-order valence-electron chi connectivity index (χ1n) is 5.94. The number of para-hydroxylation sites is 1. The van der Waals surface area contributed by atoms with Gasteiger partial charge in [-0.2, -0.15) is 5.10 Å². The first kappa shape index (κ1) is 14.3. The molecule has 0 fully saturated rings. The number of aromatic amines is 2. The van der Waals surface area contributed by atoms with Gasteiger partial charge in [0.05, 0.1) is 5.71 Å². The highest BCUT2D eigenvalue weighted by Crippen LogP contribution is 2.16. The Labute approximate surface area is 118 Å². The van der Waals surface area contributed by atoms with E-state index < -0.39 is 17.2 Å². The molecule has 21 heavy (non-hydrogen) atoms. The maximum absolute atomic E-state index is 11.8. The SMILES string of the molecule is C/C(=N/NC(=O)c1c[nH]c(=O)[nH]c1=O)c1ccccc1O. The molecule has 4 N–H and O–H groups in total. The van der Waals surface area contributed by atoms with Crippen LogP contribution in [-0.2, 0) is 0 Å². The smallest absolute Gasteiger partial charge is 0.325 e. The molecule has 0 saturated heterocycles.